The maximum atomic E-state index is 11.7. The van der Waals surface area contributed by atoms with Crippen molar-refractivity contribution in [3.63, 3.8) is 0 Å². The first kappa shape index (κ1) is 11.8. The van der Waals surface area contributed by atoms with Crippen molar-refractivity contribution in [1.29, 1.82) is 0 Å². The molecule has 2 nitrogen and oxygen atoms in total. The number of rotatable bonds is 5. The van der Waals surface area contributed by atoms with Gasteiger partial charge in [0.1, 0.15) is 0 Å². The molecule has 0 fully saturated rings. The van der Waals surface area contributed by atoms with Gasteiger partial charge in [0.2, 0.25) is 0 Å². The van der Waals surface area contributed by atoms with Crippen LogP contribution in [0.25, 0.3) is 0 Å². The van der Waals surface area contributed by atoms with Crippen LogP contribution in [0.15, 0.2) is 24.3 Å². The summed E-state index contributed by atoms with van der Waals surface area (Å²) in [5.74, 6) is -0.0177. The fourth-order valence-electron chi connectivity index (χ4n) is 1.52. The van der Waals surface area contributed by atoms with Crippen molar-refractivity contribution in [2.45, 2.75) is 39.2 Å². The van der Waals surface area contributed by atoms with Crippen molar-refractivity contribution in [3.8, 4) is 0 Å². The molecule has 1 rings (SSSR count). The van der Waals surface area contributed by atoms with E-state index in [4.69, 9.17) is 0 Å². The summed E-state index contributed by atoms with van der Waals surface area (Å²) in [5, 5.41) is 3.01. The molecule has 0 saturated heterocycles. The van der Waals surface area contributed by atoms with Gasteiger partial charge >= 0.3 is 0 Å². The number of carbonyl (C=O) groups is 1. The average Bonchev–Trinajstić information content (AvgIpc) is 2.29. The molecular formula is C13H18NO. The first-order chi connectivity index (χ1) is 7.27. The van der Waals surface area contributed by atoms with E-state index in [-0.39, 0.29) is 11.9 Å². The van der Waals surface area contributed by atoms with Crippen LogP contribution in [-0.2, 0) is 0 Å². The molecular weight excluding hydrogens is 186 g/mol. The van der Waals surface area contributed by atoms with Crippen molar-refractivity contribution in [1.82, 2.24) is 5.32 Å². The zero-order chi connectivity index (χ0) is 11.1. The third-order valence-electron chi connectivity index (χ3n) is 2.42. The molecule has 0 saturated carbocycles. The van der Waals surface area contributed by atoms with E-state index in [9.17, 15) is 4.79 Å². The summed E-state index contributed by atoms with van der Waals surface area (Å²) in [5.41, 5.74) is 0.618. The zero-order valence-corrected chi connectivity index (χ0v) is 9.42. The van der Waals surface area contributed by atoms with Crippen LogP contribution in [0.1, 0.15) is 43.5 Å². The minimum Gasteiger partial charge on any atom is -0.349 e. The van der Waals surface area contributed by atoms with Crippen LogP contribution >= 0.6 is 0 Å². The van der Waals surface area contributed by atoms with Gasteiger partial charge in [-0.2, -0.15) is 0 Å². The summed E-state index contributed by atoms with van der Waals surface area (Å²) in [6, 6.07) is 10.5. The molecule has 0 aliphatic heterocycles. The van der Waals surface area contributed by atoms with Gasteiger partial charge in [-0.05, 0) is 25.0 Å². The van der Waals surface area contributed by atoms with Gasteiger partial charge in [-0.3, -0.25) is 4.79 Å². The Morgan fingerprint density at radius 1 is 1.47 bits per heavy atom. The Labute approximate surface area is 91.7 Å². The van der Waals surface area contributed by atoms with Crippen LogP contribution < -0.4 is 5.32 Å². The number of amides is 1. The average molecular weight is 204 g/mol. The second kappa shape index (κ2) is 6.23. The fourth-order valence-corrected chi connectivity index (χ4v) is 1.52. The topological polar surface area (TPSA) is 29.1 Å². The first-order valence-electron chi connectivity index (χ1n) is 5.55. The molecule has 1 unspecified atom stereocenters. The normalized spacial score (nSPS) is 12.1. The molecule has 0 aliphatic carbocycles. The van der Waals surface area contributed by atoms with E-state index in [1.807, 2.05) is 12.1 Å². The van der Waals surface area contributed by atoms with Crippen molar-refractivity contribution in [2.24, 2.45) is 0 Å². The van der Waals surface area contributed by atoms with E-state index in [0.29, 0.717) is 5.56 Å². The van der Waals surface area contributed by atoms with E-state index >= 15 is 0 Å². The summed E-state index contributed by atoms with van der Waals surface area (Å²) < 4.78 is 0. The smallest absolute Gasteiger partial charge is 0.252 e. The Kier molecular flexibility index (Phi) is 4.88. The first-order valence-corrected chi connectivity index (χ1v) is 5.55. The van der Waals surface area contributed by atoms with Crippen molar-refractivity contribution < 1.29 is 4.79 Å². The number of hydrogen-bond acceptors (Lipinski definition) is 1. The second-order valence-electron chi connectivity index (χ2n) is 3.64. The molecule has 1 atom stereocenters. The Hall–Kier alpha value is -1.31. The van der Waals surface area contributed by atoms with Gasteiger partial charge in [0.15, 0.2) is 0 Å². The summed E-state index contributed by atoms with van der Waals surface area (Å²) in [7, 11) is 0. The van der Waals surface area contributed by atoms with Crippen LogP contribution in [-0.4, -0.2) is 11.9 Å². The molecule has 1 N–H and O–H groups in total. The van der Waals surface area contributed by atoms with E-state index in [0.717, 1.165) is 19.3 Å². The van der Waals surface area contributed by atoms with Crippen LogP contribution in [0.5, 0.6) is 0 Å². The van der Waals surface area contributed by atoms with E-state index in [1.54, 1.807) is 12.1 Å². The van der Waals surface area contributed by atoms with Crippen molar-refractivity contribution in [3.05, 3.63) is 35.9 Å². The van der Waals surface area contributed by atoms with Gasteiger partial charge in [-0.25, -0.2) is 0 Å². The van der Waals surface area contributed by atoms with Crippen LogP contribution in [0.2, 0.25) is 0 Å². The largest absolute Gasteiger partial charge is 0.349 e. The highest BCUT2D eigenvalue weighted by Crippen LogP contribution is 2.03. The van der Waals surface area contributed by atoms with Gasteiger partial charge in [-0.15, -0.1) is 0 Å². The summed E-state index contributed by atoms with van der Waals surface area (Å²) in [6.45, 7) is 4.22. The van der Waals surface area contributed by atoms with Crippen LogP contribution in [0.3, 0.4) is 0 Å². The van der Waals surface area contributed by atoms with Crippen molar-refractivity contribution >= 4 is 5.91 Å². The van der Waals surface area contributed by atoms with E-state index in [1.165, 1.54) is 0 Å². The monoisotopic (exact) mass is 204 g/mol. The number of benzene rings is 1. The zero-order valence-electron chi connectivity index (χ0n) is 9.42. The molecule has 0 spiro atoms. The lowest BCUT2D eigenvalue weighted by atomic mass is 10.1. The maximum absolute atomic E-state index is 11.7. The fraction of sp³-hybridized carbons (Fsp3) is 0.462. The lowest BCUT2D eigenvalue weighted by Gasteiger charge is -2.15. The number of hydrogen-bond donors (Lipinski definition) is 1. The van der Waals surface area contributed by atoms with Crippen LogP contribution in [0.4, 0.5) is 0 Å². The molecule has 0 aliphatic rings. The van der Waals surface area contributed by atoms with Gasteiger partial charge < -0.3 is 5.32 Å². The molecule has 2 heteroatoms. The predicted octanol–water partition coefficient (Wildman–Crippen LogP) is 2.80. The Morgan fingerprint density at radius 2 is 2.27 bits per heavy atom. The predicted molar refractivity (Wildman–Crippen MR) is 61.7 cm³/mol. The molecule has 1 amide bonds. The highest BCUT2D eigenvalue weighted by atomic mass is 16.1. The SMILES string of the molecule is CCCC(CC)NC(=O)c1[c]cccc1. The molecule has 1 aromatic carbocycles. The summed E-state index contributed by atoms with van der Waals surface area (Å²) in [6.07, 6.45) is 3.11. The Morgan fingerprint density at radius 3 is 2.80 bits per heavy atom. The number of nitrogens with one attached hydrogen (secondary N) is 1. The lowest BCUT2D eigenvalue weighted by Crippen LogP contribution is -2.34. The number of carbonyl (C=O) groups excluding carboxylic acids is 1. The molecule has 0 bridgehead atoms. The van der Waals surface area contributed by atoms with E-state index in [2.05, 4.69) is 25.2 Å². The highest BCUT2D eigenvalue weighted by Gasteiger charge is 2.10. The van der Waals surface area contributed by atoms with Gasteiger partial charge in [-0.1, -0.05) is 38.5 Å². The molecule has 1 radical (unpaired) electrons. The quantitative estimate of drug-likeness (QED) is 0.785. The lowest BCUT2D eigenvalue weighted by molar-refractivity contribution is 0.0933. The van der Waals surface area contributed by atoms with Gasteiger partial charge in [0.05, 0.1) is 0 Å². The molecule has 15 heavy (non-hydrogen) atoms. The standard InChI is InChI=1S/C13H18NO/c1-3-8-12(4-2)14-13(15)11-9-6-5-7-10-11/h5-7,9,12H,3-4,8H2,1-2H3,(H,14,15). The third-order valence-corrected chi connectivity index (χ3v) is 2.42. The minimum absolute atomic E-state index is 0.0177. The highest BCUT2D eigenvalue weighted by molar-refractivity contribution is 5.94. The maximum Gasteiger partial charge on any atom is 0.252 e. The van der Waals surface area contributed by atoms with Gasteiger partial charge in [0.25, 0.3) is 5.91 Å². The third kappa shape index (κ3) is 3.74. The van der Waals surface area contributed by atoms with Crippen LogP contribution in [0, 0.1) is 6.07 Å². The molecule has 1 aromatic rings. The van der Waals surface area contributed by atoms with E-state index < -0.39 is 0 Å². The molecule has 0 heterocycles. The minimum atomic E-state index is -0.0177. The Bertz CT molecular complexity index is 295. The second-order valence-corrected chi connectivity index (χ2v) is 3.64. The Balaban J connectivity index is 2.55. The van der Waals surface area contributed by atoms with Crippen molar-refractivity contribution in [2.75, 3.05) is 0 Å². The van der Waals surface area contributed by atoms with Gasteiger partial charge in [0, 0.05) is 11.6 Å². The molecule has 0 aromatic heterocycles. The molecule has 81 valence electrons. The summed E-state index contributed by atoms with van der Waals surface area (Å²) >= 11 is 0. The summed E-state index contributed by atoms with van der Waals surface area (Å²) in [4.78, 5) is 11.7.